The number of rotatable bonds is 5. The van der Waals surface area contributed by atoms with Crippen LogP contribution in [-0.4, -0.2) is 5.91 Å². The number of carbonyl (C=O) groups excluding carboxylic acids is 1. The van der Waals surface area contributed by atoms with Crippen molar-refractivity contribution >= 4 is 22.9 Å². The summed E-state index contributed by atoms with van der Waals surface area (Å²) in [5, 5.41) is 8.35. The zero-order chi connectivity index (χ0) is 14.5. The molecule has 0 spiro atoms. The van der Waals surface area contributed by atoms with Crippen LogP contribution >= 0.6 is 11.3 Å². The largest absolute Gasteiger partial charge is 0.325 e. The zero-order valence-electron chi connectivity index (χ0n) is 12.1. The van der Waals surface area contributed by atoms with Gasteiger partial charge < -0.3 is 10.6 Å². The van der Waals surface area contributed by atoms with Gasteiger partial charge in [0.2, 0.25) is 5.91 Å². The molecule has 2 N–H and O–H groups in total. The number of hydrogen-bond donors (Lipinski definition) is 2. The number of carbonyl (C=O) groups is 1. The van der Waals surface area contributed by atoms with E-state index in [0.29, 0.717) is 0 Å². The van der Waals surface area contributed by atoms with Crippen molar-refractivity contribution in [3.63, 3.8) is 0 Å². The first kappa shape index (κ1) is 14.8. The Morgan fingerprint density at radius 3 is 2.60 bits per heavy atom. The summed E-state index contributed by atoms with van der Waals surface area (Å²) in [6.45, 7) is 6.52. The Balaban J connectivity index is 1.96. The number of amides is 1. The Morgan fingerprint density at radius 2 is 1.95 bits per heavy atom. The minimum Gasteiger partial charge on any atom is -0.325 e. The van der Waals surface area contributed by atoms with E-state index in [1.54, 1.807) is 11.3 Å². The van der Waals surface area contributed by atoms with Crippen molar-refractivity contribution in [3.05, 3.63) is 51.7 Å². The highest BCUT2D eigenvalue weighted by Gasteiger charge is 2.09. The van der Waals surface area contributed by atoms with Crippen molar-refractivity contribution in [2.45, 2.75) is 33.4 Å². The lowest BCUT2D eigenvalue weighted by molar-refractivity contribution is -0.114. The van der Waals surface area contributed by atoms with Crippen LogP contribution < -0.4 is 10.6 Å². The van der Waals surface area contributed by atoms with E-state index in [9.17, 15) is 4.79 Å². The molecule has 2 aromatic rings. The summed E-state index contributed by atoms with van der Waals surface area (Å²) >= 11 is 1.65. The van der Waals surface area contributed by atoms with E-state index >= 15 is 0 Å². The number of aryl methyl sites for hydroxylation is 1. The topological polar surface area (TPSA) is 41.1 Å². The van der Waals surface area contributed by atoms with Crippen LogP contribution in [0.3, 0.4) is 0 Å². The number of hydrogen-bond acceptors (Lipinski definition) is 3. The molecule has 3 nitrogen and oxygen atoms in total. The van der Waals surface area contributed by atoms with Gasteiger partial charge in [-0.1, -0.05) is 29.8 Å². The zero-order valence-corrected chi connectivity index (χ0v) is 12.9. The lowest BCUT2D eigenvalue weighted by Crippen LogP contribution is -2.18. The SMILES string of the molecule is CC(=O)Nc1ccsc1CN[C@H](C)c1ccc(C)cc1. The second kappa shape index (κ2) is 6.68. The van der Waals surface area contributed by atoms with Gasteiger partial charge in [-0.05, 0) is 30.9 Å². The molecule has 0 aliphatic rings. The lowest BCUT2D eigenvalue weighted by atomic mass is 10.1. The number of benzene rings is 1. The van der Waals surface area contributed by atoms with E-state index in [0.717, 1.165) is 17.1 Å². The van der Waals surface area contributed by atoms with Crippen LogP contribution in [-0.2, 0) is 11.3 Å². The summed E-state index contributed by atoms with van der Waals surface area (Å²) < 4.78 is 0. The maximum Gasteiger partial charge on any atom is 0.221 e. The highest BCUT2D eigenvalue weighted by Crippen LogP contribution is 2.23. The summed E-state index contributed by atoms with van der Waals surface area (Å²) in [6.07, 6.45) is 0. The van der Waals surface area contributed by atoms with Gasteiger partial charge in [-0.3, -0.25) is 4.79 Å². The fraction of sp³-hybridized carbons (Fsp3) is 0.312. The second-order valence-corrected chi connectivity index (χ2v) is 5.95. The summed E-state index contributed by atoms with van der Waals surface area (Å²) in [6, 6.07) is 10.8. The average Bonchev–Trinajstić information content (AvgIpc) is 2.83. The Bertz CT molecular complexity index is 574. The van der Waals surface area contributed by atoms with Crippen LogP contribution in [0.25, 0.3) is 0 Å². The van der Waals surface area contributed by atoms with Crippen LogP contribution in [0, 0.1) is 6.92 Å². The average molecular weight is 288 g/mol. The fourth-order valence-electron chi connectivity index (χ4n) is 2.00. The lowest BCUT2D eigenvalue weighted by Gasteiger charge is -2.14. The minimum absolute atomic E-state index is 0.0313. The molecule has 1 heterocycles. The Kier molecular flexibility index (Phi) is 4.93. The molecule has 2 rings (SSSR count). The molecule has 0 unspecified atom stereocenters. The summed E-state index contributed by atoms with van der Waals surface area (Å²) in [7, 11) is 0. The third-order valence-corrected chi connectivity index (χ3v) is 4.12. The second-order valence-electron chi connectivity index (χ2n) is 4.95. The molecule has 20 heavy (non-hydrogen) atoms. The van der Waals surface area contributed by atoms with Gasteiger partial charge in [0.15, 0.2) is 0 Å². The van der Waals surface area contributed by atoms with Crippen molar-refractivity contribution in [3.8, 4) is 0 Å². The van der Waals surface area contributed by atoms with Gasteiger partial charge in [-0.15, -0.1) is 11.3 Å². The predicted molar refractivity (Wildman–Crippen MR) is 85.1 cm³/mol. The first-order valence-electron chi connectivity index (χ1n) is 6.70. The minimum atomic E-state index is -0.0313. The molecule has 4 heteroatoms. The van der Waals surface area contributed by atoms with Crippen LogP contribution in [0.2, 0.25) is 0 Å². The predicted octanol–water partition coefficient (Wildman–Crippen LogP) is 3.87. The highest BCUT2D eigenvalue weighted by atomic mass is 32.1. The first-order valence-corrected chi connectivity index (χ1v) is 7.58. The molecular weight excluding hydrogens is 268 g/mol. The van der Waals surface area contributed by atoms with Gasteiger partial charge in [0.1, 0.15) is 0 Å². The van der Waals surface area contributed by atoms with E-state index < -0.39 is 0 Å². The van der Waals surface area contributed by atoms with Gasteiger partial charge in [0, 0.05) is 24.4 Å². The molecule has 0 saturated heterocycles. The molecule has 0 fully saturated rings. The van der Waals surface area contributed by atoms with Crippen molar-refractivity contribution in [2.24, 2.45) is 0 Å². The van der Waals surface area contributed by atoms with Crippen molar-refractivity contribution < 1.29 is 4.79 Å². The first-order chi connectivity index (χ1) is 9.56. The van der Waals surface area contributed by atoms with Gasteiger partial charge in [-0.2, -0.15) is 0 Å². The van der Waals surface area contributed by atoms with E-state index in [1.807, 2.05) is 11.4 Å². The normalized spacial score (nSPS) is 12.2. The summed E-state index contributed by atoms with van der Waals surface area (Å²) in [5.41, 5.74) is 3.45. The van der Waals surface area contributed by atoms with E-state index in [4.69, 9.17) is 0 Å². The Labute approximate surface area is 124 Å². The number of thiophene rings is 1. The summed E-state index contributed by atoms with van der Waals surface area (Å²) in [5.74, 6) is -0.0313. The summed E-state index contributed by atoms with van der Waals surface area (Å²) in [4.78, 5) is 12.3. The molecule has 0 aliphatic heterocycles. The molecular formula is C16H20N2OS. The van der Waals surface area contributed by atoms with Gasteiger partial charge in [0.05, 0.1) is 5.69 Å². The van der Waals surface area contributed by atoms with Gasteiger partial charge in [0.25, 0.3) is 0 Å². The van der Waals surface area contributed by atoms with E-state index in [1.165, 1.54) is 18.1 Å². The van der Waals surface area contributed by atoms with Crippen LogP contribution in [0.4, 0.5) is 5.69 Å². The molecule has 1 aromatic heterocycles. The monoisotopic (exact) mass is 288 g/mol. The Hall–Kier alpha value is -1.65. The van der Waals surface area contributed by atoms with Crippen molar-refractivity contribution in [2.75, 3.05) is 5.32 Å². The molecule has 0 bridgehead atoms. The van der Waals surface area contributed by atoms with Crippen LogP contribution in [0.15, 0.2) is 35.7 Å². The van der Waals surface area contributed by atoms with Crippen LogP contribution in [0.1, 0.15) is 35.9 Å². The fourth-order valence-corrected chi connectivity index (χ4v) is 2.78. The standard InChI is InChI=1S/C16H20N2OS/c1-11-4-6-14(7-5-11)12(2)17-10-16-15(8-9-20-16)18-13(3)19/h4-9,12,17H,10H2,1-3H3,(H,18,19)/t12-/m1/s1. The molecule has 106 valence electrons. The maximum atomic E-state index is 11.1. The third kappa shape index (κ3) is 3.92. The van der Waals surface area contributed by atoms with Crippen molar-refractivity contribution in [1.29, 1.82) is 0 Å². The van der Waals surface area contributed by atoms with E-state index in [2.05, 4.69) is 48.7 Å². The molecule has 1 atom stereocenters. The van der Waals surface area contributed by atoms with Gasteiger partial charge in [-0.25, -0.2) is 0 Å². The number of nitrogens with one attached hydrogen (secondary N) is 2. The van der Waals surface area contributed by atoms with Crippen LogP contribution in [0.5, 0.6) is 0 Å². The smallest absolute Gasteiger partial charge is 0.221 e. The Morgan fingerprint density at radius 1 is 1.25 bits per heavy atom. The van der Waals surface area contributed by atoms with E-state index in [-0.39, 0.29) is 11.9 Å². The molecule has 0 radical (unpaired) electrons. The molecule has 0 saturated carbocycles. The molecule has 1 aromatic carbocycles. The quantitative estimate of drug-likeness (QED) is 0.877. The molecule has 0 aliphatic carbocycles. The number of anilines is 1. The maximum absolute atomic E-state index is 11.1. The highest BCUT2D eigenvalue weighted by molar-refractivity contribution is 7.10. The molecule has 1 amide bonds. The van der Waals surface area contributed by atoms with Crippen molar-refractivity contribution in [1.82, 2.24) is 5.32 Å². The third-order valence-electron chi connectivity index (χ3n) is 3.20. The van der Waals surface area contributed by atoms with Gasteiger partial charge >= 0.3 is 0 Å².